The molecule has 0 spiro atoms. The Hall–Kier alpha value is -1.10. The lowest BCUT2D eigenvalue weighted by atomic mass is 10.1. The largest absolute Gasteiger partial charge is 0.389 e. The van der Waals surface area contributed by atoms with Crippen LogP contribution in [0.1, 0.15) is 6.42 Å². The van der Waals surface area contributed by atoms with Crippen molar-refractivity contribution in [2.75, 3.05) is 13.1 Å². The van der Waals surface area contributed by atoms with E-state index in [-0.39, 0.29) is 12.3 Å². The van der Waals surface area contributed by atoms with Crippen LogP contribution in [-0.2, 0) is 9.59 Å². The first kappa shape index (κ1) is 8.00. The minimum absolute atomic E-state index is 0.257. The molecule has 1 rings (SSSR count). The summed E-state index contributed by atoms with van der Waals surface area (Å²) in [6.07, 6.45) is -0.681. The number of hydrogen-bond donors (Lipinski definition) is 2. The third kappa shape index (κ3) is 1.91. The van der Waals surface area contributed by atoms with Crippen molar-refractivity contribution in [3.05, 3.63) is 0 Å². The number of aliphatic hydroxyl groups is 1. The van der Waals surface area contributed by atoms with Crippen molar-refractivity contribution in [1.29, 1.82) is 0 Å². The molecule has 0 saturated carbocycles. The monoisotopic (exact) mass is 158 g/mol. The number of carbonyl (C=O) groups excluding carboxylic acids is 2. The fourth-order valence-corrected chi connectivity index (χ4v) is 0.920. The van der Waals surface area contributed by atoms with E-state index in [9.17, 15) is 9.59 Å². The summed E-state index contributed by atoms with van der Waals surface area (Å²) in [6.45, 7) is 0.651. The highest BCUT2D eigenvalue weighted by atomic mass is 16.3. The summed E-state index contributed by atoms with van der Waals surface area (Å²) in [4.78, 5) is 22.5. The Labute approximate surface area is 63.8 Å². The number of hydrogen-bond acceptors (Lipinski definition) is 3. The van der Waals surface area contributed by atoms with E-state index in [2.05, 4.69) is 0 Å². The number of rotatable bonds is 2. The van der Waals surface area contributed by atoms with Crippen LogP contribution in [0.4, 0.5) is 0 Å². The Balaban J connectivity index is 2.27. The van der Waals surface area contributed by atoms with Gasteiger partial charge in [0, 0.05) is 13.1 Å². The van der Waals surface area contributed by atoms with Crippen molar-refractivity contribution in [1.82, 2.24) is 4.90 Å². The van der Waals surface area contributed by atoms with Gasteiger partial charge < -0.3 is 15.7 Å². The molecule has 1 saturated heterocycles. The van der Waals surface area contributed by atoms with Gasteiger partial charge in [0.05, 0.1) is 6.10 Å². The van der Waals surface area contributed by atoms with Gasteiger partial charge in [0.2, 0.25) is 11.8 Å². The first-order chi connectivity index (χ1) is 5.09. The van der Waals surface area contributed by atoms with Crippen LogP contribution in [-0.4, -0.2) is 41.0 Å². The van der Waals surface area contributed by atoms with Gasteiger partial charge >= 0.3 is 0 Å². The van der Waals surface area contributed by atoms with Gasteiger partial charge in [-0.3, -0.25) is 9.59 Å². The molecule has 0 aliphatic carbocycles. The van der Waals surface area contributed by atoms with E-state index >= 15 is 0 Å². The molecule has 0 aromatic rings. The van der Waals surface area contributed by atoms with Gasteiger partial charge in [-0.25, -0.2) is 0 Å². The summed E-state index contributed by atoms with van der Waals surface area (Å²) in [5.41, 5.74) is 4.80. The van der Waals surface area contributed by atoms with E-state index in [0.29, 0.717) is 13.1 Å². The van der Waals surface area contributed by atoms with Crippen molar-refractivity contribution in [2.45, 2.75) is 12.5 Å². The second-order valence-electron chi connectivity index (χ2n) is 2.60. The van der Waals surface area contributed by atoms with Crippen LogP contribution in [0.25, 0.3) is 0 Å². The Morgan fingerprint density at radius 2 is 2.09 bits per heavy atom. The molecule has 0 bridgehead atoms. The second-order valence-corrected chi connectivity index (χ2v) is 2.60. The maximum Gasteiger partial charge on any atom is 0.232 e. The van der Waals surface area contributed by atoms with Gasteiger partial charge in [0.1, 0.15) is 6.42 Å². The molecule has 0 radical (unpaired) electrons. The van der Waals surface area contributed by atoms with Crippen LogP contribution in [0, 0.1) is 0 Å². The summed E-state index contributed by atoms with van der Waals surface area (Å²) < 4.78 is 0. The number of likely N-dealkylation sites (tertiary alicyclic amines) is 1. The predicted octanol–water partition coefficient (Wildman–Crippen LogP) is -1.94. The summed E-state index contributed by atoms with van der Waals surface area (Å²) in [5.74, 6) is -0.931. The highest BCUT2D eigenvalue weighted by Gasteiger charge is 2.28. The normalized spacial score (nSPS) is 17.7. The Bertz CT molecular complexity index is 186. The van der Waals surface area contributed by atoms with E-state index in [1.54, 1.807) is 0 Å². The molecule has 0 aromatic carbocycles. The zero-order chi connectivity index (χ0) is 8.43. The summed E-state index contributed by atoms with van der Waals surface area (Å²) in [7, 11) is 0. The lowest BCUT2D eigenvalue weighted by Gasteiger charge is -2.35. The zero-order valence-electron chi connectivity index (χ0n) is 5.99. The maximum absolute atomic E-state index is 10.9. The number of β-amino-alcohol motifs (C(OH)–C–C–N with tert-alkyl or cyclic N) is 1. The first-order valence-corrected chi connectivity index (χ1v) is 3.33. The van der Waals surface area contributed by atoms with Gasteiger partial charge in [-0.1, -0.05) is 0 Å². The van der Waals surface area contributed by atoms with Gasteiger partial charge in [-0.2, -0.15) is 0 Å². The molecule has 1 fully saturated rings. The molecule has 1 aliphatic rings. The van der Waals surface area contributed by atoms with Crippen molar-refractivity contribution >= 4 is 11.8 Å². The maximum atomic E-state index is 10.9. The molecule has 5 nitrogen and oxygen atoms in total. The number of aliphatic hydroxyl groups excluding tert-OH is 1. The molecule has 5 heteroatoms. The summed E-state index contributed by atoms with van der Waals surface area (Å²) in [6, 6.07) is 0. The SMILES string of the molecule is NC(=O)CC(=O)N1CC(O)C1. The third-order valence-electron chi connectivity index (χ3n) is 1.54. The number of nitrogens with zero attached hydrogens (tertiary/aromatic N) is 1. The van der Waals surface area contributed by atoms with E-state index < -0.39 is 12.0 Å². The molecule has 11 heavy (non-hydrogen) atoms. The Morgan fingerprint density at radius 3 is 2.45 bits per heavy atom. The molecule has 2 amide bonds. The van der Waals surface area contributed by atoms with Crippen molar-refractivity contribution in [2.24, 2.45) is 5.73 Å². The standard InChI is InChI=1S/C6H10N2O3/c7-5(10)1-6(11)8-2-4(9)3-8/h4,9H,1-3H2,(H2,7,10). The van der Waals surface area contributed by atoms with Crippen molar-refractivity contribution in [3.8, 4) is 0 Å². The minimum atomic E-state index is -0.628. The molecular formula is C6H10N2O3. The van der Waals surface area contributed by atoms with E-state index in [0.717, 1.165) is 0 Å². The molecule has 62 valence electrons. The number of carbonyl (C=O) groups is 2. The predicted molar refractivity (Wildman–Crippen MR) is 36.4 cm³/mol. The van der Waals surface area contributed by atoms with E-state index in [1.165, 1.54) is 4.90 Å². The quantitative estimate of drug-likeness (QED) is 0.459. The van der Waals surface area contributed by atoms with Gasteiger partial charge in [-0.05, 0) is 0 Å². The summed E-state index contributed by atoms with van der Waals surface area (Å²) in [5, 5.41) is 8.79. The van der Waals surface area contributed by atoms with E-state index in [4.69, 9.17) is 10.8 Å². The lowest BCUT2D eigenvalue weighted by Crippen LogP contribution is -2.54. The van der Waals surface area contributed by atoms with Crippen LogP contribution in [0.2, 0.25) is 0 Å². The van der Waals surface area contributed by atoms with Gasteiger partial charge in [-0.15, -0.1) is 0 Å². The average molecular weight is 158 g/mol. The molecule has 0 atom stereocenters. The summed E-state index contributed by atoms with van der Waals surface area (Å²) >= 11 is 0. The Kier molecular flexibility index (Phi) is 2.09. The third-order valence-corrected chi connectivity index (χ3v) is 1.54. The smallest absolute Gasteiger partial charge is 0.232 e. The van der Waals surface area contributed by atoms with Crippen molar-refractivity contribution < 1.29 is 14.7 Å². The molecule has 1 aliphatic heterocycles. The van der Waals surface area contributed by atoms with Crippen LogP contribution >= 0.6 is 0 Å². The minimum Gasteiger partial charge on any atom is -0.389 e. The number of primary amides is 1. The van der Waals surface area contributed by atoms with Crippen LogP contribution in [0.15, 0.2) is 0 Å². The van der Waals surface area contributed by atoms with Gasteiger partial charge in [0.15, 0.2) is 0 Å². The highest BCUT2D eigenvalue weighted by Crippen LogP contribution is 2.08. The molecule has 0 unspecified atom stereocenters. The topological polar surface area (TPSA) is 83.6 Å². The fraction of sp³-hybridized carbons (Fsp3) is 0.667. The fourth-order valence-electron chi connectivity index (χ4n) is 0.920. The van der Waals surface area contributed by atoms with Crippen LogP contribution in [0.5, 0.6) is 0 Å². The average Bonchev–Trinajstić information content (AvgIpc) is 1.79. The van der Waals surface area contributed by atoms with Crippen LogP contribution in [0.3, 0.4) is 0 Å². The Morgan fingerprint density at radius 1 is 1.55 bits per heavy atom. The highest BCUT2D eigenvalue weighted by molar-refractivity contribution is 5.96. The zero-order valence-corrected chi connectivity index (χ0v) is 5.99. The molecule has 0 aromatic heterocycles. The van der Waals surface area contributed by atoms with E-state index in [1.807, 2.05) is 0 Å². The van der Waals surface area contributed by atoms with Crippen molar-refractivity contribution in [3.63, 3.8) is 0 Å². The number of nitrogens with two attached hydrogens (primary N) is 1. The molecule has 1 heterocycles. The second kappa shape index (κ2) is 2.87. The first-order valence-electron chi connectivity index (χ1n) is 3.33. The molecule has 3 N–H and O–H groups in total. The van der Waals surface area contributed by atoms with Crippen LogP contribution < -0.4 is 5.73 Å². The van der Waals surface area contributed by atoms with Gasteiger partial charge in [0.25, 0.3) is 0 Å². The lowest BCUT2D eigenvalue weighted by molar-refractivity contribution is -0.143. The number of amides is 2. The molecular weight excluding hydrogens is 148 g/mol.